The highest BCUT2D eigenvalue weighted by Gasteiger charge is 2.23. The second kappa shape index (κ2) is 61.3. The molecule has 2 N–H and O–H groups in total. The molecule has 0 aliphatic carbocycles. The fourth-order valence-electron chi connectivity index (χ4n) is 10.7. The van der Waals surface area contributed by atoms with Gasteiger partial charge in [0.25, 0.3) is 7.82 Å². The quantitative estimate of drug-likeness (QED) is 0.0272. The fraction of sp³-hybridized carbons (Fsp3) is 0.900. The summed E-state index contributed by atoms with van der Waals surface area (Å²) >= 11 is 0. The number of nitrogens with one attached hydrogen (secondary N) is 1. The first-order valence-electron chi connectivity index (χ1n) is 34.9. The second-order valence-electron chi connectivity index (χ2n) is 25.2. The molecule has 0 saturated heterocycles. The number of quaternary nitrogens is 1. The van der Waals surface area contributed by atoms with Crippen molar-refractivity contribution in [2.75, 3.05) is 40.9 Å². The molecule has 9 heteroatoms. The summed E-state index contributed by atoms with van der Waals surface area (Å²) in [7, 11) is 1.25. The van der Waals surface area contributed by atoms with Crippen LogP contribution in [0, 0.1) is 0 Å². The molecule has 0 aliphatic heterocycles. The lowest BCUT2D eigenvalue weighted by molar-refractivity contribution is -0.870. The zero-order chi connectivity index (χ0) is 57.7. The van der Waals surface area contributed by atoms with E-state index in [0.717, 1.165) is 44.9 Å². The Hall–Kier alpha value is -1.28. The lowest BCUT2D eigenvalue weighted by Crippen LogP contribution is -2.45. The molecule has 8 nitrogen and oxygen atoms in total. The number of carbonyl (C=O) groups excluding carboxylic acids is 1. The van der Waals surface area contributed by atoms with Crippen molar-refractivity contribution in [3.63, 3.8) is 0 Å². The Labute approximate surface area is 493 Å². The minimum absolute atomic E-state index is 0.00708. The second-order valence-corrected chi connectivity index (χ2v) is 26.6. The van der Waals surface area contributed by atoms with Gasteiger partial charge in [0.1, 0.15) is 13.2 Å². The van der Waals surface area contributed by atoms with Gasteiger partial charge < -0.3 is 28.8 Å². The largest absolute Gasteiger partial charge is 0.756 e. The van der Waals surface area contributed by atoms with E-state index in [2.05, 4.69) is 43.5 Å². The summed E-state index contributed by atoms with van der Waals surface area (Å²) in [5.41, 5.74) is 0. The van der Waals surface area contributed by atoms with E-state index in [4.69, 9.17) is 9.05 Å². The van der Waals surface area contributed by atoms with Gasteiger partial charge in [0, 0.05) is 6.42 Å². The van der Waals surface area contributed by atoms with Gasteiger partial charge in [-0.1, -0.05) is 339 Å². The molecule has 3 atom stereocenters. The third-order valence-corrected chi connectivity index (χ3v) is 17.0. The highest BCUT2D eigenvalue weighted by atomic mass is 31.2. The number of nitrogens with zero attached hydrogens (tertiary/aromatic N) is 1. The van der Waals surface area contributed by atoms with Crippen molar-refractivity contribution >= 4 is 13.7 Å². The number of likely N-dealkylation sites (N-methyl/N-ethyl adjacent to an activating group) is 1. The van der Waals surface area contributed by atoms with Gasteiger partial charge in [-0.25, -0.2) is 0 Å². The summed E-state index contributed by atoms with van der Waals surface area (Å²) in [4.78, 5) is 25.6. The Kier molecular flexibility index (Phi) is 60.3. The van der Waals surface area contributed by atoms with E-state index in [0.29, 0.717) is 17.4 Å². The number of carbonyl (C=O) groups is 1. The number of aliphatic hydroxyl groups is 1. The minimum Gasteiger partial charge on any atom is -0.756 e. The van der Waals surface area contributed by atoms with Crippen LogP contribution in [-0.2, 0) is 18.4 Å². The predicted molar refractivity (Wildman–Crippen MR) is 344 cm³/mol. The van der Waals surface area contributed by atoms with Crippen LogP contribution in [0.2, 0.25) is 0 Å². The number of amides is 1. The average molecular weight is 1130 g/mol. The highest BCUT2D eigenvalue weighted by Crippen LogP contribution is 2.38. The monoisotopic (exact) mass is 1130 g/mol. The first kappa shape index (κ1) is 77.7. The van der Waals surface area contributed by atoms with E-state index in [1.54, 1.807) is 6.08 Å². The van der Waals surface area contributed by atoms with Gasteiger partial charge in [0.05, 0.1) is 39.9 Å². The van der Waals surface area contributed by atoms with Crippen molar-refractivity contribution < 1.29 is 32.9 Å². The smallest absolute Gasteiger partial charge is 0.268 e. The number of phosphoric acid groups is 1. The molecule has 468 valence electrons. The summed E-state index contributed by atoms with van der Waals surface area (Å²) in [5.74, 6) is -0.204. The van der Waals surface area contributed by atoms with Crippen molar-refractivity contribution in [1.29, 1.82) is 0 Å². The maximum atomic E-state index is 13.0. The summed E-state index contributed by atoms with van der Waals surface area (Å²) in [6, 6.07) is -0.909. The van der Waals surface area contributed by atoms with Crippen molar-refractivity contribution in [3.05, 3.63) is 36.5 Å². The number of aliphatic hydroxyl groups excluding tert-OH is 1. The molecule has 0 radical (unpaired) electrons. The molecule has 0 aromatic rings. The van der Waals surface area contributed by atoms with Crippen LogP contribution in [-0.4, -0.2) is 68.5 Å². The van der Waals surface area contributed by atoms with E-state index >= 15 is 0 Å². The molecule has 0 bridgehead atoms. The zero-order valence-corrected chi connectivity index (χ0v) is 54.5. The van der Waals surface area contributed by atoms with Crippen molar-refractivity contribution in [1.82, 2.24) is 5.32 Å². The van der Waals surface area contributed by atoms with Gasteiger partial charge in [-0.05, 0) is 44.9 Å². The van der Waals surface area contributed by atoms with Crippen LogP contribution in [0.3, 0.4) is 0 Å². The normalized spacial score (nSPS) is 13.9. The fourth-order valence-corrected chi connectivity index (χ4v) is 11.4. The molecule has 0 aliphatic rings. The number of hydrogen-bond acceptors (Lipinski definition) is 6. The summed E-state index contributed by atoms with van der Waals surface area (Å²) in [6.07, 6.45) is 81.4. The van der Waals surface area contributed by atoms with Crippen LogP contribution in [0.1, 0.15) is 354 Å². The van der Waals surface area contributed by atoms with Crippen LogP contribution in [0.25, 0.3) is 0 Å². The van der Waals surface area contributed by atoms with E-state index in [9.17, 15) is 19.4 Å². The Morgan fingerprint density at radius 2 is 0.709 bits per heavy atom. The zero-order valence-electron chi connectivity index (χ0n) is 53.6. The standard InChI is InChI=1S/C70H137N2O6P/c1-6-8-10-12-14-16-18-20-22-24-26-28-30-32-34-35-36-38-40-42-44-46-48-50-52-54-56-58-60-62-64-70(74)71-68(67-78-79(75,76)77-66-65-72(3,4)5)69(73)63-61-59-57-55-53-51-49-47-45-43-41-39-37-33-31-29-27-25-23-21-19-17-15-13-11-9-7-2/h45,47,53,55,61,63,68-69,73H,6-44,46,48-52,54,56-60,62,64-67H2,1-5H3,(H-,71,74,75,76)/b47-45+,55-53+,63-61+. The number of hydrogen-bond donors (Lipinski definition) is 2. The van der Waals surface area contributed by atoms with Crippen LogP contribution < -0.4 is 10.2 Å². The van der Waals surface area contributed by atoms with E-state index < -0.39 is 26.6 Å². The lowest BCUT2D eigenvalue weighted by atomic mass is 10.0. The Balaban J connectivity index is 4.10. The summed E-state index contributed by atoms with van der Waals surface area (Å²) in [6.45, 7) is 4.68. The topological polar surface area (TPSA) is 108 Å². The Morgan fingerprint density at radius 1 is 0.430 bits per heavy atom. The number of phosphoric ester groups is 1. The molecule has 79 heavy (non-hydrogen) atoms. The third kappa shape index (κ3) is 64.1. The summed E-state index contributed by atoms with van der Waals surface area (Å²) in [5, 5.41) is 13.9. The molecule has 0 spiro atoms. The van der Waals surface area contributed by atoms with Gasteiger partial charge in [0.2, 0.25) is 5.91 Å². The molecule has 3 unspecified atom stereocenters. The molecule has 0 aromatic carbocycles. The van der Waals surface area contributed by atoms with Gasteiger partial charge in [-0.2, -0.15) is 0 Å². The number of rotatable bonds is 65. The highest BCUT2D eigenvalue weighted by molar-refractivity contribution is 7.45. The number of unbranched alkanes of at least 4 members (excludes halogenated alkanes) is 48. The van der Waals surface area contributed by atoms with E-state index in [1.165, 1.54) is 289 Å². The minimum atomic E-state index is -4.61. The van der Waals surface area contributed by atoms with Gasteiger partial charge >= 0.3 is 0 Å². The van der Waals surface area contributed by atoms with Crippen molar-refractivity contribution in [2.45, 2.75) is 366 Å². The molecular weight excluding hydrogens is 996 g/mol. The van der Waals surface area contributed by atoms with Crippen LogP contribution in [0.4, 0.5) is 0 Å². The van der Waals surface area contributed by atoms with Gasteiger partial charge in [-0.15, -0.1) is 0 Å². The van der Waals surface area contributed by atoms with E-state index in [1.807, 2.05) is 27.2 Å². The lowest BCUT2D eigenvalue weighted by Gasteiger charge is -2.29. The molecular formula is C70H137N2O6P. The average Bonchev–Trinajstić information content (AvgIpc) is 3.42. The Bertz CT molecular complexity index is 1380. The first-order valence-corrected chi connectivity index (χ1v) is 36.3. The third-order valence-electron chi connectivity index (χ3n) is 16.1. The van der Waals surface area contributed by atoms with Crippen molar-refractivity contribution in [2.24, 2.45) is 0 Å². The van der Waals surface area contributed by atoms with Gasteiger partial charge in [0.15, 0.2) is 0 Å². The molecule has 0 heterocycles. The maximum absolute atomic E-state index is 13.0. The van der Waals surface area contributed by atoms with Crippen LogP contribution in [0.15, 0.2) is 36.5 Å². The molecule has 1 amide bonds. The molecule has 0 aromatic heterocycles. The maximum Gasteiger partial charge on any atom is 0.268 e. The molecule has 0 rings (SSSR count). The van der Waals surface area contributed by atoms with Crippen LogP contribution in [0.5, 0.6) is 0 Å². The number of allylic oxidation sites excluding steroid dienone is 5. The van der Waals surface area contributed by atoms with Crippen molar-refractivity contribution in [3.8, 4) is 0 Å². The SMILES string of the molecule is CCCCCCCCCCCCCCCCCCC/C=C/CC/C=C/CC/C=C/C(O)C(COP(=O)([O-])OCC[N+](C)(C)C)NC(=O)CCCCCCCCCCCCCCCCCCCCCCCCCCCCCCCC. The Morgan fingerprint density at radius 3 is 1.03 bits per heavy atom. The van der Waals surface area contributed by atoms with Gasteiger partial charge in [-0.3, -0.25) is 9.36 Å². The molecule has 0 saturated carbocycles. The van der Waals surface area contributed by atoms with Crippen LogP contribution >= 0.6 is 7.82 Å². The predicted octanol–water partition coefficient (Wildman–Crippen LogP) is 21.4. The first-order chi connectivity index (χ1) is 38.5. The summed E-state index contributed by atoms with van der Waals surface area (Å²) < 4.78 is 23.4. The van der Waals surface area contributed by atoms with E-state index in [-0.39, 0.29) is 12.5 Å². The molecule has 0 fully saturated rings.